The van der Waals surface area contributed by atoms with Gasteiger partial charge in [-0.05, 0) is 30.9 Å². The van der Waals surface area contributed by atoms with Crippen molar-refractivity contribution in [1.82, 2.24) is 9.97 Å². The molecule has 4 nitrogen and oxygen atoms in total. The van der Waals surface area contributed by atoms with Crippen molar-refractivity contribution in [3.63, 3.8) is 0 Å². The quantitative estimate of drug-likeness (QED) is 0.664. The average Bonchev–Trinajstić information content (AvgIpc) is 2.38. The van der Waals surface area contributed by atoms with Gasteiger partial charge >= 0.3 is 0 Å². The Morgan fingerprint density at radius 1 is 1.26 bits per heavy atom. The van der Waals surface area contributed by atoms with E-state index in [1.807, 2.05) is 13.2 Å². The van der Waals surface area contributed by atoms with Crippen molar-refractivity contribution in [3.05, 3.63) is 41.7 Å². The Labute approximate surface area is 115 Å². The number of aromatic nitrogens is 2. The molecule has 0 amide bonds. The Kier molecular flexibility index (Phi) is 4.21. The zero-order chi connectivity index (χ0) is 13.8. The summed E-state index contributed by atoms with van der Waals surface area (Å²) in [7, 11) is 0. The lowest BCUT2D eigenvalue weighted by Gasteiger charge is -2.15. The van der Waals surface area contributed by atoms with Gasteiger partial charge in [-0.1, -0.05) is 23.9 Å². The van der Waals surface area contributed by atoms with Crippen molar-refractivity contribution in [3.8, 4) is 0 Å². The van der Waals surface area contributed by atoms with Crippen molar-refractivity contribution < 1.29 is 4.39 Å². The van der Waals surface area contributed by atoms with Crippen LogP contribution in [0.2, 0.25) is 0 Å². The molecule has 6 heteroatoms. The molecular formula is C13H15FN4S. The molecule has 1 aromatic carbocycles. The molecule has 0 aliphatic rings. The predicted molar refractivity (Wildman–Crippen MR) is 76.7 cm³/mol. The first kappa shape index (κ1) is 13.6. The van der Waals surface area contributed by atoms with E-state index < -0.39 is 0 Å². The fraction of sp³-hybridized carbons (Fsp3) is 0.231. The lowest BCUT2D eigenvalue weighted by atomic mass is 10.1. The van der Waals surface area contributed by atoms with Gasteiger partial charge in [-0.3, -0.25) is 0 Å². The molecule has 0 bridgehead atoms. The molecule has 1 heterocycles. The minimum Gasteiger partial charge on any atom is -0.383 e. The summed E-state index contributed by atoms with van der Waals surface area (Å²) < 4.78 is 12.9. The topological polar surface area (TPSA) is 63.8 Å². The van der Waals surface area contributed by atoms with Gasteiger partial charge in [0.05, 0.1) is 0 Å². The highest BCUT2D eigenvalue weighted by Gasteiger charge is 2.08. The Morgan fingerprint density at radius 2 is 1.95 bits per heavy atom. The average molecular weight is 278 g/mol. The largest absolute Gasteiger partial charge is 0.383 e. The van der Waals surface area contributed by atoms with Gasteiger partial charge in [-0.25, -0.2) is 14.4 Å². The molecule has 3 N–H and O–H groups in total. The fourth-order valence-corrected chi connectivity index (χ4v) is 2.05. The summed E-state index contributed by atoms with van der Waals surface area (Å²) in [5.74, 6) is 0.841. The van der Waals surface area contributed by atoms with E-state index in [-0.39, 0.29) is 11.9 Å². The van der Waals surface area contributed by atoms with Crippen LogP contribution in [0.5, 0.6) is 0 Å². The summed E-state index contributed by atoms with van der Waals surface area (Å²) in [6.45, 7) is 1.98. The number of hydrogen-bond acceptors (Lipinski definition) is 5. The molecule has 1 aromatic heterocycles. The zero-order valence-corrected chi connectivity index (χ0v) is 11.5. The molecule has 0 aliphatic heterocycles. The number of anilines is 2. The van der Waals surface area contributed by atoms with Crippen LogP contribution in [0.1, 0.15) is 18.5 Å². The number of nitrogen functional groups attached to an aromatic ring is 1. The lowest BCUT2D eigenvalue weighted by Crippen LogP contribution is -2.09. The maximum atomic E-state index is 12.9. The number of thioether (sulfide) groups is 1. The third-order valence-corrected chi connectivity index (χ3v) is 3.19. The molecule has 0 saturated heterocycles. The van der Waals surface area contributed by atoms with Crippen LogP contribution in [-0.4, -0.2) is 16.2 Å². The van der Waals surface area contributed by atoms with Gasteiger partial charge in [-0.15, -0.1) is 0 Å². The van der Waals surface area contributed by atoms with Gasteiger partial charge < -0.3 is 11.1 Å². The number of rotatable bonds is 4. The first-order chi connectivity index (χ1) is 9.08. The molecule has 100 valence electrons. The molecule has 0 spiro atoms. The molecule has 0 aliphatic carbocycles. The summed E-state index contributed by atoms with van der Waals surface area (Å²) >= 11 is 1.43. The van der Waals surface area contributed by atoms with Crippen molar-refractivity contribution in [2.75, 3.05) is 17.3 Å². The predicted octanol–water partition coefficient (Wildman–Crippen LogP) is 3.09. The van der Waals surface area contributed by atoms with Crippen LogP contribution >= 0.6 is 11.8 Å². The van der Waals surface area contributed by atoms with Crippen LogP contribution < -0.4 is 11.1 Å². The SMILES string of the molecule is CSc1nc(N)cc(NC(C)c2ccc(F)cc2)n1. The highest BCUT2D eigenvalue weighted by Crippen LogP contribution is 2.21. The van der Waals surface area contributed by atoms with Gasteiger partial charge in [0.15, 0.2) is 5.16 Å². The van der Waals surface area contributed by atoms with E-state index in [9.17, 15) is 4.39 Å². The third kappa shape index (κ3) is 3.57. The van der Waals surface area contributed by atoms with Crippen molar-refractivity contribution in [2.24, 2.45) is 0 Å². The smallest absolute Gasteiger partial charge is 0.191 e. The second-order valence-corrected chi connectivity index (χ2v) is 4.86. The van der Waals surface area contributed by atoms with Gasteiger partial charge in [0.2, 0.25) is 0 Å². The van der Waals surface area contributed by atoms with E-state index in [0.29, 0.717) is 16.8 Å². The van der Waals surface area contributed by atoms with Gasteiger partial charge in [0.1, 0.15) is 17.5 Å². The van der Waals surface area contributed by atoms with E-state index in [1.165, 1.54) is 23.9 Å². The molecule has 19 heavy (non-hydrogen) atoms. The number of nitrogens with zero attached hydrogens (tertiary/aromatic N) is 2. The molecule has 2 rings (SSSR count). The van der Waals surface area contributed by atoms with Crippen LogP contribution in [0, 0.1) is 5.82 Å². The van der Waals surface area contributed by atoms with Gasteiger partial charge in [0, 0.05) is 12.1 Å². The summed E-state index contributed by atoms with van der Waals surface area (Å²) in [5, 5.41) is 3.85. The van der Waals surface area contributed by atoms with Crippen molar-refractivity contribution in [2.45, 2.75) is 18.1 Å². The third-order valence-electron chi connectivity index (χ3n) is 2.64. The van der Waals surface area contributed by atoms with Crippen LogP contribution in [0.4, 0.5) is 16.0 Å². The van der Waals surface area contributed by atoms with Crippen LogP contribution in [0.3, 0.4) is 0 Å². The summed E-state index contributed by atoms with van der Waals surface area (Å²) in [6, 6.07) is 8.05. The standard InChI is InChI=1S/C13H15FN4S/c1-8(9-3-5-10(14)6-4-9)16-12-7-11(15)17-13(18-12)19-2/h3-8H,1-2H3,(H3,15,16,17,18). The van der Waals surface area contributed by atoms with E-state index >= 15 is 0 Å². The highest BCUT2D eigenvalue weighted by atomic mass is 32.2. The number of nitrogens with two attached hydrogens (primary N) is 1. The van der Waals surface area contributed by atoms with E-state index in [4.69, 9.17) is 5.73 Å². The lowest BCUT2D eigenvalue weighted by molar-refractivity contribution is 0.626. The van der Waals surface area contributed by atoms with Crippen molar-refractivity contribution in [1.29, 1.82) is 0 Å². The molecule has 1 atom stereocenters. The second kappa shape index (κ2) is 5.88. The van der Waals surface area contributed by atoms with Crippen LogP contribution in [0.25, 0.3) is 0 Å². The Hall–Kier alpha value is -1.82. The summed E-state index contributed by atoms with van der Waals surface area (Å²) in [5.41, 5.74) is 6.69. The van der Waals surface area contributed by atoms with Gasteiger partial charge in [-0.2, -0.15) is 0 Å². The fourth-order valence-electron chi connectivity index (χ4n) is 1.66. The van der Waals surface area contributed by atoms with Crippen LogP contribution in [0.15, 0.2) is 35.5 Å². The minimum atomic E-state index is -0.244. The van der Waals surface area contributed by atoms with E-state index in [1.54, 1.807) is 18.2 Å². The molecule has 0 fully saturated rings. The Bertz CT molecular complexity index is 559. The van der Waals surface area contributed by atoms with E-state index in [0.717, 1.165) is 5.56 Å². The Morgan fingerprint density at radius 3 is 2.58 bits per heavy atom. The highest BCUT2D eigenvalue weighted by molar-refractivity contribution is 7.98. The Balaban J connectivity index is 2.16. The van der Waals surface area contributed by atoms with Crippen molar-refractivity contribution >= 4 is 23.4 Å². The molecular weight excluding hydrogens is 263 g/mol. The maximum absolute atomic E-state index is 12.9. The molecule has 0 radical (unpaired) electrons. The van der Waals surface area contributed by atoms with E-state index in [2.05, 4.69) is 15.3 Å². The first-order valence-electron chi connectivity index (χ1n) is 5.79. The number of benzene rings is 1. The molecule has 1 unspecified atom stereocenters. The zero-order valence-electron chi connectivity index (χ0n) is 10.7. The summed E-state index contributed by atoms with van der Waals surface area (Å²) in [6.07, 6.45) is 1.89. The minimum absolute atomic E-state index is 0.00426. The van der Waals surface area contributed by atoms with Gasteiger partial charge in [0.25, 0.3) is 0 Å². The normalized spacial score (nSPS) is 12.2. The van der Waals surface area contributed by atoms with Crippen LogP contribution in [-0.2, 0) is 0 Å². The monoisotopic (exact) mass is 278 g/mol. The second-order valence-electron chi connectivity index (χ2n) is 4.08. The molecule has 2 aromatic rings. The number of nitrogens with one attached hydrogen (secondary N) is 1. The number of hydrogen-bond donors (Lipinski definition) is 2. The number of halogens is 1. The summed E-state index contributed by atoms with van der Waals surface area (Å²) in [4.78, 5) is 8.41. The first-order valence-corrected chi connectivity index (χ1v) is 7.01. The maximum Gasteiger partial charge on any atom is 0.191 e. The molecule has 0 saturated carbocycles.